The van der Waals surface area contributed by atoms with Crippen molar-refractivity contribution in [3.63, 3.8) is 0 Å². The first-order valence-corrected chi connectivity index (χ1v) is 3.38. The molecule has 0 amide bonds. The lowest BCUT2D eigenvalue weighted by atomic mass is 10.3. The van der Waals surface area contributed by atoms with Gasteiger partial charge in [0.25, 0.3) is 0 Å². The Morgan fingerprint density at radius 2 is 2.27 bits per heavy atom. The van der Waals surface area contributed by atoms with Crippen molar-refractivity contribution in [3.8, 4) is 18.4 Å². The van der Waals surface area contributed by atoms with Crippen LogP contribution in [0.15, 0.2) is 12.2 Å². The van der Waals surface area contributed by atoms with Crippen LogP contribution in [0.1, 0.15) is 6.92 Å². The van der Waals surface area contributed by atoms with Gasteiger partial charge in [0.2, 0.25) is 0 Å². The summed E-state index contributed by atoms with van der Waals surface area (Å²) in [5, 5.41) is 8.39. The van der Waals surface area contributed by atoms with Crippen molar-refractivity contribution in [2.45, 2.75) is 6.92 Å². The molecule has 0 radical (unpaired) electrons. The van der Waals surface area contributed by atoms with Gasteiger partial charge in [-0.05, 0) is 6.92 Å². The summed E-state index contributed by atoms with van der Waals surface area (Å²) < 4.78 is 0. The highest BCUT2D eigenvalue weighted by Crippen LogP contribution is 1.93. The summed E-state index contributed by atoms with van der Waals surface area (Å²) >= 11 is 0. The van der Waals surface area contributed by atoms with E-state index in [-0.39, 0.29) is 0 Å². The molecular weight excluding hydrogens is 136 g/mol. The lowest BCUT2D eigenvalue weighted by Gasteiger charge is -2.14. The minimum Gasteiger partial charge on any atom is -0.275 e. The van der Waals surface area contributed by atoms with Crippen LogP contribution in [0.3, 0.4) is 0 Å². The fourth-order valence-corrected chi connectivity index (χ4v) is 0.779. The van der Waals surface area contributed by atoms with Crippen LogP contribution in [0.4, 0.5) is 0 Å². The molecule has 0 N–H and O–H groups in total. The number of hydrogen-bond donors (Lipinski definition) is 0. The zero-order valence-corrected chi connectivity index (χ0v) is 6.80. The largest absolute Gasteiger partial charge is 0.275 e. The van der Waals surface area contributed by atoms with Crippen LogP contribution in [0.2, 0.25) is 0 Å². The molecule has 0 bridgehead atoms. The van der Waals surface area contributed by atoms with Crippen molar-refractivity contribution in [1.29, 1.82) is 5.26 Å². The van der Waals surface area contributed by atoms with E-state index in [2.05, 4.69) is 12.5 Å². The number of nitriles is 1. The summed E-state index contributed by atoms with van der Waals surface area (Å²) in [7, 11) is 0. The van der Waals surface area contributed by atoms with Crippen molar-refractivity contribution in [2.24, 2.45) is 0 Å². The minimum absolute atomic E-state index is 0.372. The molecule has 0 spiro atoms. The lowest BCUT2D eigenvalue weighted by Crippen LogP contribution is -2.25. The number of nitrogens with zero attached hydrogens (tertiary/aromatic N) is 2. The van der Waals surface area contributed by atoms with E-state index in [0.717, 1.165) is 5.57 Å². The molecule has 0 aromatic heterocycles. The average Bonchev–Trinajstić information content (AvgIpc) is 1.87. The maximum Gasteiger partial charge on any atom is 0.0876 e. The lowest BCUT2D eigenvalue weighted by molar-refractivity contribution is 0.374. The Labute approximate surface area is 68.1 Å². The first-order chi connectivity index (χ1) is 5.20. The highest BCUT2D eigenvalue weighted by molar-refractivity contribution is 4.98. The molecule has 58 valence electrons. The molecular formula is C9H12N2. The summed E-state index contributed by atoms with van der Waals surface area (Å²) in [5.41, 5.74) is 1.02. The molecule has 2 nitrogen and oxygen atoms in total. The van der Waals surface area contributed by atoms with E-state index < -0.39 is 0 Å². The SMILES string of the molecule is C#CCN(CC#N)CC(=C)C. The maximum atomic E-state index is 8.39. The smallest absolute Gasteiger partial charge is 0.0876 e. The summed E-state index contributed by atoms with van der Waals surface area (Å²) in [6.07, 6.45) is 5.10. The van der Waals surface area contributed by atoms with Gasteiger partial charge in [0.05, 0.1) is 19.2 Å². The van der Waals surface area contributed by atoms with Gasteiger partial charge in [-0.15, -0.1) is 6.42 Å². The summed E-state index contributed by atoms with van der Waals surface area (Å²) in [6.45, 7) is 7.25. The molecule has 0 fully saturated rings. The third-order valence-corrected chi connectivity index (χ3v) is 1.10. The van der Waals surface area contributed by atoms with Gasteiger partial charge in [-0.3, -0.25) is 4.90 Å². The first-order valence-electron chi connectivity index (χ1n) is 3.38. The predicted molar refractivity (Wildman–Crippen MR) is 45.7 cm³/mol. The highest BCUT2D eigenvalue weighted by Gasteiger charge is 2.00. The Bertz CT molecular complexity index is 189. The average molecular weight is 148 g/mol. The molecule has 0 rings (SSSR count). The van der Waals surface area contributed by atoms with E-state index in [1.54, 1.807) is 0 Å². The fraction of sp³-hybridized carbons (Fsp3) is 0.444. The molecule has 2 heteroatoms. The third-order valence-electron chi connectivity index (χ3n) is 1.10. The second kappa shape index (κ2) is 5.53. The van der Waals surface area contributed by atoms with Gasteiger partial charge in [-0.25, -0.2) is 0 Å². The highest BCUT2D eigenvalue weighted by atomic mass is 15.1. The normalized spacial score (nSPS) is 8.73. The first kappa shape index (κ1) is 9.75. The molecule has 0 aromatic rings. The van der Waals surface area contributed by atoms with Gasteiger partial charge in [-0.2, -0.15) is 5.26 Å². The maximum absolute atomic E-state index is 8.39. The zero-order chi connectivity index (χ0) is 8.69. The quantitative estimate of drug-likeness (QED) is 0.338. The van der Waals surface area contributed by atoms with Gasteiger partial charge >= 0.3 is 0 Å². The van der Waals surface area contributed by atoms with E-state index in [4.69, 9.17) is 11.7 Å². The predicted octanol–water partition coefficient (Wildman–Crippen LogP) is 1.02. The topological polar surface area (TPSA) is 27.0 Å². The molecule has 0 aromatic carbocycles. The summed E-state index contributed by atoms with van der Waals surface area (Å²) in [5.74, 6) is 2.49. The molecule has 0 aliphatic rings. The van der Waals surface area contributed by atoms with Crippen LogP contribution in [-0.4, -0.2) is 24.5 Å². The monoisotopic (exact) mass is 148 g/mol. The van der Waals surface area contributed by atoms with Crippen LogP contribution >= 0.6 is 0 Å². The van der Waals surface area contributed by atoms with Crippen molar-refractivity contribution >= 4 is 0 Å². The van der Waals surface area contributed by atoms with Gasteiger partial charge in [0, 0.05) is 6.54 Å². The van der Waals surface area contributed by atoms with E-state index in [0.29, 0.717) is 19.6 Å². The van der Waals surface area contributed by atoms with Crippen molar-refractivity contribution in [1.82, 2.24) is 4.90 Å². The molecule has 0 aliphatic carbocycles. The standard InChI is InChI=1S/C9H12N2/c1-4-6-11(7-5-10)8-9(2)3/h1H,2,6-8H2,3H3. The van der Waals surface area contributed by atoms with Crippen LogP contribution in [0, 0.1) is 23.7 Å². The molecule has 0 saturated heterocycles. The Hall–Kier alpha value is -1.25. The van der Waals surface area contributed by atoms with Crippen molar-refractivity contribution < 1.29 is 0 Å². The zero-order valence-electron chi connectivity index (χ0n) is 6.80. The summed E-state index contributed by atoms with van der Waals surface area (Å²) in [4.78, 5) is 1.86. The van der Waals surface area contributed by atoms with Crippen LogP contribution in [0.25, 0.3) is 0 Å². The Balaban J connectivity index is 3.82. The van der Waals surface area contributed by atoms with Crippen molar-refractivity contribution in [2.75, 3.05) is 19.6 Å². The molecule has 11 heavy (non-hydrogen) atoms. The Morgan fingerprint density at radius 3 is 2.64 bits per heavy atom. The van der Waals surface area contributed by atoms with Gasteiger partial charge < -0.3 is 0 Å². The van der Waals surface area contributed by atoms with Crippen LogP contribution in [-0.2, 0) is 0 Å². The summed E-state index contributed by atoms with van der Waals surface area (Å²) in [6, 6.07) is 2.05. The molecule has 0 saturated carbocycles. The Morgan fingerprint density at radius 1 is 1.64 bits per heavy atom. The number of terminal acetylenes is 1. The molecule has 0 unspecified atom stereocenters. The van der Waals surface area contributed by atoms with Crippen molar-refractivity contribution in [3.05, 3.63) is 12.2 Å². The number of rotatable bonds is 4. The van der Waals surface area contributed by atoms with E-state index in [1.165, 1.54) is 0 Å². The van der Waals surface area contributed by atoms with Crippen LogP contribution in [0.5, 0.6) is 0 Å². The van der Waals surface area contributed by atoms with Crippen LogP contribution < -0.4 is 0 Å². The van der Waals surface area contributed by atoms with Gasteiger partial charge in [0.15, 0.2) is 0 Å². The van der Waals surface area contributed by atoms with E-state index >= 15 is 0 Å². The molecule has 0 atom stereocenters. The van der Waals surface area contributed by atoms with Gasteiger partial charge in [0.1, 0.15) is 0 Å². The molecule has 0 aliphatic heterocycles. The minimum atomic E-state index is 0.372. The second-order valence-corrected chi connectivity index (χ2v) is 2.46. The fourth-order valence-electron chi connectivity index (χ4n) is 0.779. The number of hydrogen-bond acceptors (Lipinski definition) is 2. The van der Waals surface area contributed by atoms with E-state index in [9.17, 15) is 0 Å². The van der Waals surface area contributed by atoms with Gasteiger partial charge in [-0.1, -0.05) is 18.1 Å². The molecule has 0 heterocycles. The second-order valence-electron chi connectivity index (χ2n) is 2.46. The third kappa shape index (κ3) is 5.21. The van der Waals surface area contributed by atoms with E-state index in [1.807, 2.05) is 17.9 Å². The Kier molecular flexibility index (Phi) is 4.90.